The lowest BCUT2D eigenvalue weighted by Crippen LogP contribution is -2.64. The number of Topliss-reactive ketones (excluding diaryl/α,β-unsaturated/α-hetero) is 2. The van der Waals surface area contributed by atoms with Gasteiger partial charge in [-0.05, 0) is 74.3 Å². The number of carbonyl (C=O) groups excluding carboxylic acids is 3. The van der Waals surface area contributed by atoms with Gasteiger partial charge in [0.2, 0.25) is 0 Å². The third-order valence-corrected chi connectivity index (χ3v) is 11.9. The third kappa shape index (κ3) is 3.76. The zero-order chi connectivity index (χ0) is 27.8. The van der Waals surface area contributed by atoms with Crippen molar-refractivity contribution in [3.63, 3.8) is 0 Å². The number of hydrogen-bond donors (Lipinski definition) is 2. The van der Waals surface area contributed by atoms with E-state index in [1.807, 2.05) is 13.8 Å². The number of fused-ring (bicyclic) bond motifs is 4. The molecular formula is C31H46O6. The number of allylic oxidation sites excluding steroid dienone is 1. The van der Waals surface area contributed by atoms with Gasteiger partial charge >= 0.3 is 5.97 Å². The molecule has 0 bridgehead atoms. The fourth-order valence-electron chi connectivity index (χ4n) is 9.12. The molecule has 0 unspecified atom stereocenters. The average Bonchev–Trinajstić information content (AvgIpc) is 3.02. The summed E-state index contributed by atoms with van der Waals surface area (Å²) in [6.07, 6.45) is 5.40. The Bertz CT molecular complexity index is 1080. The summed E-state index contributed by atoms with van der Waals surface area (Å²) in [7, 11) is 1.32. The third-order valence-electron chi connectivity index (χ3n) is 11.9. The second-order valence-corrected chi connectivity index (χ2v) is 13.8. The van der Waals surface area contributed by atoms with Gasteiger partial charge < -0.3 is 14.9 Å². The number of rotatable bonds is 5. The van der Waals surface area contributed by atoms with Crippen LogP contribution in [0.15, 0.2) is 22.8 Å². The Morgan fingerprint density at radius 3 is 2.38 bits per heavy atom. The minimum absolute atomic E-state index is 0.000556. The monoisotopic (exact) mass is 514 g/mol. The summed E-state index contributed by atoms with van der Waals surface area (Å²) < 4.78 is 4.75. The van der Waals surface area contributed by atoms with Crippen LogP contribution in [0, 0.1) is 33.5 Å². The molecule has 37 heavy (non-hydrogen) atoms. The van der Waals surface area contributed by atoms with Crippen LogP contribution in [-0.4, -0.2) is 46.6 Å². The Hall–Kier alpha value is -1.79. The van der Waals surface area contributed by atoms with Gasteiger partial charge in [0.05, 0.1) is 18.8 Å². The summed E-state index contributed by atoms with van der Waals surface area (Å²) >= 11 is 0. The highest BCUT2D eigenvalue weighted by atomic mass is 16.5. The molecule has 6 nitrogen and oxygen atoms in total. The van der Waals surface area contributed by atoms with E-state index in [9.17, 15) is 24.6 Å². The largest absolute Gasteiger partial charge is 0.466 e. The molecule has 2 N–H and O–H groups in total. The predicted octanol–water partition coefficient (Wildman–Crippen LogP) is 5.11. The molecule has 0 aromatic heterocycles. The molecule has 0 radical (unpaired) electrons. The number of methoxy groups -OCH3 is 1. The van der Waals surface area contributed by atoms with Crippen molar-refractivity contribution < 1.29 is 29.3 Å². The lowest BCUT2D eigenvalue weighted by Gasteiger charge is -2.64. The summed E-state index contributed by atoms with van der Waals surface area (Å²) in [4.78, 5) is 38.4. The minimum atomic E-state index is -1.08. The normalized spacial score (nSPS) is 41.0. The molecule has 0 aromatic carbocycles. The van der Waals surface area contributed by atoms with E-state index < -0.39 is 33.9 Å². The maximum Gasteiger partial charge on any atom is 0.333 e. The van der Waals surface area contributed by atoms with Crippen molar-refractivity contribution in [1.29, 1.82) is 0 Å². The van der Waals surface area contributed by atoms with Gasteiger partial charge in [-0.25, -0.2) is 4.79 Å². The first kappa shape index (κ1) is 28.2. The molecule has 0 saturated heterocycles. The van der Waals surface area contributed by atoms with Crippen molar-refractivity contribution in [1.82, 2.24) is 0 Å². The number of aliphatic hydroxyl groups excluding tert-OH is 1. The second-order valence-electron chi connectivity index (χ2n) is 13.8. The summed E-state index contributed by atoms with van der Waals surface area (Å²) in [5.41, 5.74) is -0.680. The molecule has 4 aliphatic carbocycles. The van der Waals surface area contributed by atoms with Gasteiger partial charge in [-0.3, -0.25) is 9.59 Å². The van der Waals surface area contributed by atoms with Gasteiger partial charge in [0, 0.05) is 40.2 Å². The van der Waals surface area contributed by atoms with Crippen molar-refractivity contribution in [3.05, 3.63) is 22.8 Å². The van der Waals surface area contributed by atoms with E-state index in [1.165, 1.54) is 13.2 Å². The molecule has 0 amide bonds. The van der Waals surface area contributed by atoms with Gasteiger partial charge in [-0.2, -0.15) is 0 Å². The molecule has 6 heteroatoms. The molecular weight excluding hydrogens is 468 g/mol. The Kier molecular flexibility index (Phi) is 6.77. The number of aliphatic hydroxyl groups is 2. The van der Waals surface area contributed by atoms with Gasteiger partial charge in [-0.15, -0.1) is 0 Å². The van der Waals surface area contributed by atoms with E-state index in [-0.39, 0.29) is 28.8 Å². The molecule has 206 valence electrons. The zero-order valence-electron chi connectivity index (χ0n) is 24.0. The van der Waals surface area contributed by atoms with Crippen LogP contribution >= 0.6 is 0 Å². The van der Waals surface area contributed by atoms with Crippen molar-refractivity contribution in [2.75, 3.05) is 7.11 Å². The molecule has 3 saturated carbocycles. The Labute approximate surface area is 221 Å². The summed E-state index contributed by atoms with van der Waals surface area (Å²) in [5.74, 6) is 0.0243. The number of carbonyl (C=O) groups is 3. The van der Waals surface area contributed by atoms with Crippen molar-refractivity contribution in [3.8, 4) is 0 Å². The highest BCUT2D eigenvalue weighted by Crippen LogP contribution is 2.71. The molecule has 4 aliphatic rings. The van der Waals surface area contributed by atoms with Crippen molar-refractivity contribution in [2.45, 2.75) is 112 Å². The number of ether oxygens (including phenoxy) is 1. The van der Waals surface area contributed by atoms with Gasteiger partial charge in [-0.1, -0.05) is 41.5 Å². The first-order valence-corrected chi connectivity index (χ1v) is 14.0. The smallest absolute Gasteiger partial charge is 0.333 e. The summed E-state index contributed by atoms with van der Waals surface area (Å²) in [6.45, 7) is 14.3. The first-order valence-electron chi connectivity index (χ1n) is 14.0. The van der Waals surface area contributed by atoms with Crippen LogP contribution in [0.2, 0.25) is 0 Å². The molecule has 0 spiro atoms. The van der Waals surface area contributed by atoms with Crippen LogP contribution in [-0.2, 0) is 19.1 Å². The second kappa shape index (κ2) is 8.87. The average molecular weight is 515 g/mol. The SMILES string of the molecule is COC(=O)/C(C)=C/[C@H](O)C[C@@H](C)[C@]1(C)CC(=O)C2=C3CC[C@H]4C(C)(C)C(=O)CC[C@]4(C)[C@@]3(O)CC[C@]21C. The van der Waals surface area contributed by atoms with E-state index in [2.05, 4.69) is 27.7 Å². The molecule has 0 aromatic rings. The Morgan fingerprint density at radius 1 is 1.11 bits per heavy atom. The highest BCUT2D eigenvalue weighted by Gasteiger charge is 2.69. The molecule has 0 heterocycles. The molecule has 3 fully saturated rings. The lowest BCUT2D eigenvalue weighted by atomic mass is 9.41. The van der Waals surface area contributed by atoms with E-state index in [0.29, 0.717) is 50.5 Å². The number of esters is 1. The highest BCUT2D eigenvalue weighted by molar-refractivity contribution is 6.01. The van der Waals surface area contributed by atoms with Crippen LogP contribution in [0.25, 0.3) is 0 Å². The number of ketones is 2. The van der Waals surface area contributed by atoms with Crippen molar-refractivity contribution in [2.24, 2.45) is 33.5 Å². The van der Waals surface area contributed by atoms with Gasteiger partial charge in [0.15, 0.2) is 5.78 Å². The molecule has 0 aliphatic heterocycles. The van der Waals surface area contributed by atoms with E-state index in [4.69, 9.17) is 4.74 Å². The maximum absolute atomic E-state index is 13.8. The van der Waals surface area contributed by atoms with Gasteiger partial charge in [0.1, 0.15) is 5.78 Å². The van der Waals surface area contributed by atoms with Crippen LogP contribution in [0.4, 0.5) is 0 Å². The predicted molar refractivity (Wildman–Crippen MR) is 141 cm³/mol. The van der Waals surface area contributed by atoms with Crippen LogP contribution in [0.1, 0.15) is 99.8 Å². The quantitative estimate of drug-likeness (QED) is 0.391. The Balaban J connectivity index is 1.71. The minimum Gasteiger partial charge on any atom is -0.466 e. The molecule has 7 atom stereocenters. The standard InChI is InChI=1S/C31H46O6/c1-18(26(35)37-8)15-20(32)16-19(2)30(7)17-22(33)25-21-9-10-23-27(3,4)24(34)11-12-28(23,5)31(21,36)14-13-29(25,30)6/h15,19-20,23,32,36H,9-14,16-17H2,1-8H3/b18-15+/t19-,20+,23+,28+,29-,30+,31-/m1/s1. The van der Waals surface area contributed by atoms with Crippen molar-refractivity contribution >= 4 is 17.5 Å². The van der Waals surface area contributed by atoms with Crippen LogP contribution < -0.4 is 0 Å². The van der Waals surface area contributed by atoms with Gasteiger partial charge in [0.25, 0.3) is 0 Å². The van der Waals surface area contributed by atoms with E-state index >= 15 is 0 Å². The van der Waals surface area contributed by atoms with E-state index in [0.717, 1.165) is 17.6 Å². The topological polar surface area (TPSA) is 101 Å². The first-order chi connectivity index (χ1) is 17.0. The lowest BCUT2D eigenvalue weighted by molar-refractivity contribution is -0.177. The number of hydrogen-bond acceptors (Lipinski definition) is 6. The van der Waals surface area contributed by atoms with Crippen LogP contribution in [0.5, 0.6) is 0 Å². The fourth-order valence-corrected chi connectivity index (χ4v) is 9.12. The zero-order valence-corrected chi connectivity index (χ0v) is 24.0. The van der Waals surface area contributed by atoms with E-state index in [1.54, 1.807) is 6.92 Å². The fraction of sp³-hybridized carbons (Fsp3) is 0.774. The van der Waals surface area contributed by atoms with Crippen LogP contribution in [0.3, 0.4) is 0 Å². The Morgan fingerprint density at radius 2 is 1.76 bits per heavy atom. The summed E-state index contributed by atoms with van der Waals surface area (Å²) in [5, 5.41) is 23.2. The summed E-state index contributed by atoms with van der Waals surface area (Å²) in [6, 6.07) is 0. The maximum atomic E-state index is 13.8. The molecule has 4 rings (SSSR count).